The lowest BCUT2D eigenvalue weighted by molar-refractivity contribution is 1.05. The molecule has 0 fully saturated rings. The largest absolute Gasteiger partial charge is 0.370 e. The van der Waals surface area contributed by atoms with Crippen LogP contribution in [0.15, 0.2) is 58.5 Å². The molecule has 0 aliphatic heterocycles. The normalized spacial score (nSPS) is 9.42. The summed E-state index contributed by atoms with van der Waals surface area (Å²) >= 11 is 4.50. The topological polar surface area (TPSA) is 129 Å². The van der Waals surface area contributed by atoms with Gasteiger partial charge < -0.3 is 22.9 Å². The van der Waals surface area contributed by atoms with Gasteiger partial charge in [-0.3, -0.25) is 0 Å². The summed E-state index contributed by atoms with van der Waals surface area (Å²) in [6.07, 6.45) is 0. The molecule has 6 nitrogen and oxygen atoms in total. The number of aliphatic imine (C=N–C) groups is 2. The number of benzene rings is 2. The van der Waals surface area contributed by atoms with Crippen LogP contribution < -0.4 is 22.9 Å². The lowest BCUT2D eigenvalue weighted by Crippen LogP contribution is -2.22. The van der Waals surface area contributed by atoms with Crippen LogP contribution in [0.2, 0.25) is 0 Å². The van der Waals surface area contributed by atoms with Crippen molar-refractivity contribution in [2.45, 2.75) is 13.1 Å². The monoisotopic (exact) mass is 546 g/mol. The van der Waals surface area contributed by atoms with Crippen molar-refractivity contribution in [2.24, 2.45) is 32.9 Å². The molecule has 8 heteroatoms. The maximum atomic E-state index is 5.20. The zero-order valence-electron chi connectivity index (χ0n) is 13.0. The molecule has 0 atom stereocenters. The van der Waals surface area contributed by atoms with Crippen molar-refractivity contribution in [3.63, 3.8) is 0 Å². The molecule has 0 radical (unpaired) electrons. The Balaban J connectivity index is 0.000000240. The summed E-state index contributed by atoms with van der Waals surface area (Å²) in [5.41, 5.74) is 23.1. The summed E-state index contributed by atoms with van der Waals surface area (Å²) < 4.78 is 2.38. The summed E-state index contributed by atoms with van der Waals surface area (Å²) in [5, 5.41) is 0. The minimum Gasteiger partial charge on any atom is -0.370 e. The molecule has 0 heterocycles. The lowest BCUT2D eigenvalue weighted by Gasteiger charge is -1.97. The van der Waals surface area contributed by atoms with Crippen LogP contribution in [0.3, 0.4) is 0 Å². The first-order chi connectivity index (χ1) is 11.4. The van der Waals surface area contributed by atoms with Gasteiger partial charge in [-0.1, -0.05) is 24.3 Å². The fourth-order valence-electron chi connectivity index (χ4n) is 1.64. The number of nitrogens with zero attached hydrogens (tertiary/aromatic N) is 2. The average molecular weight is 546 g/mol. The molecule has 0 saturated carbocycles. The van der Waals surface area contributed by atoms with Crippen LogP contribution in [0.4, 0.5) is 0 Å². The Morgan fingerprint density at radius 1 is 0.833 bits per heavy atom. The van der Waals surface area contributed by atoms with Gasteiger partial charge in [0.25, 0.3) is 0 Å². The van der Waals surface area contributed by atoms with Crippen LogP contribution in [0.1, 0.15) is 11.1 Å². The molecule has 0 amide bonds. The predicted octanol–water partition coefficient (Wildman–Crippen LogP) is 2.13. The van der Waals surface area contributed by atoms with E-state index in [-0.39, 0.29) is 11.9 Å². The highest BCUT2D eigenvalue weighted by Gasteiger charge is 1.92. The summed E-state index contributed by atoms with van der Waals surface area (Å²) in [6.45, 7) is 1.11. The second kappa shape index (κ2) is 11.1. The van der Waals surface area contributed by atoms with E-state index in [1.54, 1.807) is 0 Å². The van der Waals surface area contributed by atoms with Crippen LogP contribution in [0.25, 0.3) is 0 Å². The van der Waals surface area contributed by atoms with E-state index in [0.717, 1.165) is 11.1 Å². The van der Waals surface area contributed by atoms with Gasteiger partial charge in [-0.2, -0.15) is 0 Å². The average Bonchev–Trinajstić information content (AvgIpc) is 2.52. The highest BCUT2D eigenvalue weighted by atomic mass is 127. The highest BCUT2D eigenvalue weighted by Crippen LogP contribution is 2.09. The Morgan fingerprint density at radius 2 is 1.33 bits per heavy atom. The minimum atomic E-state index is 0.133. The van der Waals surface area contributed by atoms with Crippen molar-refractivity contribution in [2.75, 3.05) is 0 Å². The molecule has 2 aromatic rings. The van der Waals surface area contributed by atoms with Crippen molar-refractivity contribution in [3.05, 3.63) is 66.8 Å². The highest BCUT2D eigenvalue weighted by molar-refractivity contribution is 14.1. The number of nitrogens with two attached hydrogens (primary N) is 4. The summed E-state index contributed by atoms with van der Waals surface area (Å²) in [5.74, 6) is 0.266. The van der Waals surface area contributed by atoms with Crippen LogP contribution in [0.5, 0.6) is 0 Å². The first-order valence-corrected chi connectivity index (χ1v) is 9.12. The molecule has 128 valence electrons. The Bertz CT molecular complexity index is 646. The first-order valence-electron chi connectivity index (χ1n) is 6.96. The number of guanidine groups is 2. The first kappa shape index (κ1) is 20.5. The maximum Gasteiger partial charge on any atom is 0.186 e. The zero-order chi connectivity index (χ0) is 17.9. The van der Waals surface area contributed by atoms with Crippen LogP contribution in [0, 0.1) is 7.14 Å². The van der Waals surface area contributed by atoms with E-state index in [1.807, 2.05) is 48.5 Å². The third-order valence-corrected chi connectivity index (χ3v) is 4.01. The molecule has 0 spiro atoms. The second-order valence-corrected chi connectivity index (χ2v) is 7.23. The quantitative estimate of drug-likeness (QED) is 0.266. The smallest absolute Gasteiger partial charge is 0.186 e. The predicted molar refractivity (Wildman–Crippen MR) is 117 cm³/mol. The molecular weight excluding hydrogens is 526 g/mol. The molecule has 0 aliphatic rings. The van der Waals surface area contributed by atoms with E-state index in [0.29, 0.717) is 13.1 Å². The van der Waals surface area contributed by atoms with Crippen molar-refractivity contribution in [3.8, 4) is 0 Å². The van der Waals surface area contributed by atoms with Gasteiger partial charge in [-0.25, -0.2) is 9.98 Å². The lowest BCUT2D eigenvalue weighted by atomic mass is 10.2. The molecule has 24 heavy (non-hydrogen) atoms. The van der Waals surface area contributed by atoms with Gasteiger partial charge in [0.05, 0.1) is 13.1 Å². The van der Waals surface area contributed by atoms with Crippen molar-refractivity contribution < 1.29 is 0 Å². The summed E-state index contributed by atoms with van der Waals surface area (Å²) in [4.78, 5) is 7.81. The van der Waals surface area contributed by atoms with Crippen molar-refractivity contribution in [1.82, 2.24) is 0 Å². The van der Waals surface area contributed by atoms with Crippen molar-refractivity contribution in [1.29, 1.82) is 0 Å². The maximum absolute atomic E-state index is 5.20. The molecular formula is C16H20I2N6. The minimum absolute atomic E-state index is 0.133. The molecule has 0 unspecified atom stereocenters. The van der Waals surface area contributed by atoms with E-state index >= 15 is 0 Å². The zero-order valence-corrected chi connectivity index (χ0v) is 17.3. The molecule has 8 N–H and O–H groups in total. The van der Waals surface area contributed by atoms with Crippen LogP contribution in [-0.2, 0) is 13.1 Å². The standard InChI is InChI=1S/2C8H10IN3/c2*9-7-3-1-2-6(4-7)5-12-8(10)11/h2*1-4H,5H2,(H4,10,11,12)/i9-4;. The Hall–Kier alpha value is -1.56. The molecule has 0 saturated heterocycles. The Kier molecular flexibility index (Phi) is 9.45. The van der Waals surface area contributed by atoms with E-state index < -0.39 is 0 Å². The number of rotatable bonds is 4. The number of hydrogen-bond donors (Lipinski definition) is 4. The van der Waals surface area contributed by atoms with Gasteiger partial charge in [-0.05, 0) is 80.6 Å². The van der Waals surface area contributed by atoms with Gasteiger partial charge in [-0.15, -0.1) is 0 Å². The SMILES string of the molecule is NC(N)=NCc1cccc(I)c1.NC(N)=NCc1cccc([123I])c1. The Morgan fingerprint density at radius 3 is 1.79 bits per heavy atom. The molecule has 0 aromatic heterocycles. The third-order valence-electron chi connectivity index (χ3n) is 2.67. The van der Waals surface area contributed by atoms with Gasteiger partial charge in [0.2, 0.25) is 0 Å². The van der Waals surface area contributed by atoms with Crippen molar-refractivity contribution >= 4 is 57.1 Å². The second-order valence-electron chi connectivity index (χ2n) is 4.74. The van der Waals surface area contributed by atoms with Gasteiger partial charge in [0.1, 0.15) is 0 Å². The van der Waals surface area contributed by atoms with Crippen LogP contribution in [-0.4, -0.2) is 11.9 Å². The van der Waals surface area contributed by atoms with E-state index in [4.69, 9.17) is 22.9 Å². The fourth-order valence-corrected chi connectivity index (χ4v) is 2.85. The van der Waals surface area contributed by atoms with Gasteiger partial charge in [0, 0.05) is 7.14 Å². The summed E-state index contributed by atoms with van der Waals surface area (Å²) in [7, 11) is 0. The van der Waals surface area contributed by atoms with Crippen LogP contribution >= 0.6 is 45.2 Å². The number of hydrogen-bond acceptors (Lipinski definition) is 2. The van der Waals surface area contributed by atoms with E-state index in [9.17, 15) is 0 Å². The summed E-state index contributed by atoms with van der Waals surface area (Å²) in [6, 6.07) is 16.1. The third kappa shape index (κ3) is 9.55. The molecule has 2 rings (SSSR count). The molecule has 2 aromatic carbocycles. The Labute approximate surface area is 169 Å². The fraction of sp³-hybridized carbons (Fsp3) is 0.125. The van der Waals surface area contributed by atoms with E-state index in [1.165, 1.54) is 7.14 Å². The van der Waals surface area contributed by atoms with E-state index in [2.05, 4.69) is 55.2 Å². The molecule has 0 aliphatic carbocycles. The molecule has 0 bridgehead atoms. The van der Waals surface area contributed by atoms with Gasteiger partial charge in [0.15, 0.2) is 11.9 Å². The van der Waals surface area contributed by atoms with Gasteiger partial charge >= 0.3 is 0 Å². The number of halogens is 2.